The molecule has 0 bridgehead atoms. The molecule has 0 atom stereocenters. The number of rotatable bonds is 4. The number of piperazine rings is 1. The summed E-state index contributed by atoms with van der Waals surface area (Å²) in [5, 5.41) is 0. The summed E-state index contributed by atoms with van der Waals surface area (Å²) in [7, 11) is 0. The third kappa shape index (κ3) is 3.59. The van der Waals surface area contributed by atoms with Crippen molar-refractivity contribution in [3.63, 3.8) is 0 Å². The summed E-state index contributed by atoms with van der Waals surface area (Å²) < 4.78 is 5.36. The molecule has 6 nitrogen and oxygen atoms in total. The second kappa shape index (κ2) is 6.91. The van der Waals surface area contributed by atoms with Gasteiger partial charge in [-0.2, -0.15) is 0 Å². The number of aromatic nitrogens is 2. The molecule has 23 heavy (non-hydrogen) atoms. The van der Waals surface area contributed by atoms with Crippen molar-refractivity contribution in [1.29, 1.82) is 0 Å². The lowest BCUT2D eigenvalue weighted by Gasteiger charge is -2.34. The zero-order valence-corrected chi connectivity index (χ0v) is 13.6. The van der Waals surface area contributed by atoms with Crippen LogP contribution >= 0.6 is 0 Å². The summed E-state index contributed by atoms with van der Waals surface area (Å²) in [6, 6.07) is 4.03. The number of hydrogen-bond acceptors (Lipinski definition) is 5. The van der Waals surface area contributed by atoms with E-state index in [2.05, 4.69) is 20.9 Å². The van der Waals surface area contributed by atoms with E-state index in [0.29, 0.717) is 24.5 Å². The van der Waals surface area contributed by atoms with E-state index in [1.807, 2.05) is 31.0 Å². The fourth-order valence-electron chi connectivity index (χ4n) is 2.83. The Bertz CT molecular complexity index is 646. The molecule has 6 heteroatoms. The maximum atomic E-state index is 12.6. The van der Waals surface area contributed by atoms with Gasteiger partial charge in [-0.1, -0.05) is 19.9 Å². The highest BCUT2D eigenvalue weighted by Gasteiger charge is 2.27. The van der Waals surface area contributed by atoms with Crippen LogP contribution in [0.4, 0.5) is 0 Å². The predicted molar refractivity (Wildman–Crippen MR) is 86.0 cm³/mol. The van der Waals surface area contributed by atoms with Gasteiger partial charge < -0.3 is 9.32 Å². The van der Waals surface area contributed by atoms with Crippen molar-refractivity contribution < 1.29 is 9.21 Å². The number of carbonyl (C=O) groups excluding carboxylic acids is 1. The number of pyridine rings is 1. The van der Waals surface area contributed by atoms with Crippen LogP contribution in [0.1, 0.15) is 41.6 Å². The molecule has 0 spiro atoms. The Morgan fingerprint density at radius 1 is 1.30 bits per heavy atom. The molecule has 0 unspecified atom stereocenters. The van der Waals surface area contributed by atoms with Crippen LogP contribution in [0.2, 0.25) is 0 Å². The highest BCUT2D eigenvalue weighted by molar-refractivity contribution is 5.93. The van der Waals surface area contributed by atoms with Crippen LogP contribution in [0.5, 0.6) is 0 Å². The van der Waals surface area contributed by atoms with Crippen LogP contribution < -0.4 is 0 Å². The monoisotopic (exact) mass is 314 g/mol. The van der Waals surface area contributed by atoms with Crippen molar-refractivity contribution in [2.75, 3.05) is 26.2 Å². The molecule has 0 aromatic carbocycles. The first kappa shape index (κ1) is 15.7. The minimum atomic E-state index is -0.0246. The summed E-state index contributed by atoms with van der Waals surface area (Å²) in [5.41, 5.74) is 1.66. The molecule has 2 aromatic rings. The van der Waals surface area contributed by atoms with Gasteiger partial charge in [0.15, 0.2) is 12.1 Å². The molecular weight excluding hydrogens is 292 g/mol. The zero-order chi connectivity index (χ0) is 16.2. The molecule has 3 rings (SSSR count). The van der Waals surface area contributed by atoms with E-state index in [1.165, 1.54) is 12.0 Å². The van der Waals surface area contributed by atoms with Gasteiger partial charge in [0, 0.05) is 51.0 Å². The number of amides is 1. The number of oxazole rings is 1. The molecule has 1 saturated heterocycles. The Labute approximate surface area is 136 Å². The summed E-state index contributed by atoms with van der Waals surface area (Å²) in [6.45, 7) is 8.02. The molecule has 2 aromatic heterocycles. The third-order valence-electron chi connectivity index (χ3n) is 4.11. The molecule has 0 N–H and O–H groups in total. The molecule has 3 heterocycles. The SMILES string of the molecule is CC(C)c1ocnc1C(=O)N1CCN(Cc2cccnc2)CC1. The van der Waals surface area contributed by atoms with Crippen molar-refractivity contribution in [3.05, 3.63) is 47.9 Å². The summed E-state index contributed by atoms with van der Waals surface area (Å²) in [4.78, 5) is 25.1. The van der Waals surface area contributed by atoms with Gasteiger partial charge in [0.25, 0.3) is 5.91 Å². The average molecular weight is 314 g/mol. The smallest absolute Gasteiger partial charge is 0.276 e. The van der Waals surface area contributed by atoms with E-state index in [1.54, 1.807) is 6.20 Å². The number of hydrogen-bond donors (Lipinski definition) is 0. The van der Waals surface area contributed by atoms with E-state index < -0.39 is 0 Å². The van der Waals surface area contributed by atoms with Crippen LogP contribution in [0.25, 0.3) is 0 Å². The number of nitrogens with zero attached hydrogens (tertiary/aromatic N) is 4. The Hall–Kier alpha value is -2.21. The highest BCUT2D eigenvalue weighted by Crippen LogP contribution is 2.20. The fourth-order valence-corrected chi connectivity index (χ4v) is 2.83. The van der Waals surface area contributed by atoms with Gasteiger partial charge in [-0.05, 0) is 11.6 Å². The summed E-state index contributed by atoms with van der Waals surface area (Å²) >= 11 is 0. The maximum Gasteiger partial charge on any atom is 0.276 e. The minimum Gasteiger partial charge on any atom is -0.447 e. The molecule has 1 amide bonds. The molecule has 0 saturated carbocycles. The Morgan fingerprint density at radius 3 is 2.74 bits per heavy atom. The van der Waals surface area contributed by atoms with Gasteiger partial charge in [-0.15, -0.1) is 0 Å². The van der Waals surface area contributed by atoms with Gasteiger partial charge >= 0.3 is 0 Å². The van der Waals surface area contributed by atoms with E-state index in [0.717, 1.165) is 19.6 Å². The molecule has 1 aliphatic rings. The van der Waals surface area contributed by atoms with Gasteiger partial charge in [0.05, 0.1) is 0 Å². The molecule has 0 radical (unpaired) electrons. The van der Waals surface area contributed by atoms with Crippen LogP contribution in [-0.4, -0.2) is 51.9 Å². The Balaban J connectivity index is 1.58. The number of carbonyl (C=O) groups is 1. The largest absolute Gasteiger partial charge is 0.447 e. The van der Waals surface area contributed by atoms with Crippen LogP contribution in [0.15, 0.2) is 35.3 Å². The lowest BCUT2D eigenvalue weighted by molar-refractivity contribution is 0.0620. The van der Waals surface area contributed by atoms with Crippen molar-refractivity contribution >= 4 is 5.91 Å². The first-order valence-electron chi connectivity index (χ1n) is 7.99. The van der Waals surface area contributed by atoms with Crippen molar-refractivity contribution in [1.82, 2.24) is 19.8 Å². The standard InChI is InChI=1S/C17H22N4O2/c1-13(2)16-15(19-12-23-16)17(22)21-8-6-20(7-9-21)11-14-4-3-5-18-10-14/h3-5,10,12-13H,6-9,11H2,1-2H3. The molecule has 1 fully saturated rings. The van der Waals surface area contributed by atoms with Gasteiger partial charge in [0.2, 0.25) is 0 Å². The zero-order valence-electron chi connectivity index (χ0n) is 13.6. The summed E-state index contributed by atoms with van der Waals surface area (Å²) in [6.07, 6.45) is 5.04. The first-order chi connectivity index (χ1) is 11.1. The van der Waals surface area contributed by atoms with Crippen LogP contribution in [0, 0.1) is 0 Å². The van der Waals surface area contributed by atoms with Crippen molar-refractivity contribution in [3.8, 4) is 0 Å². The minimum absolute atomic E-state index is 0.0246. The topological polar surface area (TPSA) is 62.5 Å². The predicted octanol–water partition coefficient (Wildman–Crippen LogP) is 2.15. The quantitative estimate of drug-likeness (QED) is 0.865. The van der Waals surface area contributed by atoms with Crippen LogP contribution in [-0.2, 0) is 6.54 Å². The first-order valence-corrected chi connectivity index (χ1v) is 7.99. The molecule has 0 aliphatic carbocycles. The second-order valence-electron chi connectivity index (χ2n) is 6.15. The second-order valence-corrected chi connectivity index (χ2v) is 6.15. The van der Waals surface area contributed by atoms with E-state index in [-0.39, 0.29) is 11.8 Å². The Morgan fingerprint density at radius 2 is 2.09 bits per heavy atom. The molecular formula is C17H22N4O2. The van der Waals surface area contributed by atoms with Crippen molar-refractivity contribution in [2.24, 2.45) is 0 Å². The summed E-state index contributed by atoms with van der Waals surface area (Å²) in [5.74, 6) is 0.805. The average Bonchev–Trinajstić information content (AvgIpc) is 3.06. The van der Waals surface area contributed by atoms with E-state index in [4.69, 9.17) is 4.42 Å². The molecule has 122 valence electrons. The van der Waals surface area contributed by atoms with E-state index >= 15 is 0 Å². The Kier molecular flexibility index (Phi) is 4.71. The molecule has 1 aliphatic heterocycles. The lowest BCUT2D eigenvalue weighted by atomic mass is 10.1. The maximum absolute atomic E-state index is 12.6. The van der Waals surface area contributed by atoms with E-state index in [9.17, 15) is 4.79 Å². The van der Waals surface area contributed by atoms with Gasteiger partial charge in [0.1, 0.15) is 5.76 Å². The van der Waals surface area contributed by atoms with Crippen LogP contribution in [0.3, 0.4) is 0 Å². The highest BCUT2D eigenvalue weighted by atomic mass is 16.3. The van der Waals surface area contributed by atoms with Gasteiger partial charge in [-0.3, -0.25) is 14.7 Å². The fraction of sp³-hybridized carbons (Fsp3) is 0.471. The normalized spacial score (nSPS) is 16.0. The van der Waals surface area contributed by atoms with Gasteiger partial charge in [-0.25, -0.2) is 4.98 Å². The third-order valence-corrected chi connectivity index (χ3v) is 4.11. The lowest BCUT2D eigenvalue weighted by Crippen LogP contribution is -2.48. The van der Waals surface area contributed by atoms with Crippen molar-refractivity contribution in [2.45, 2.75) is 26.3 Å².